The molecule has 0 aromatic heterocycles. The third kappa shape index (κ3) is 7.49. The number of rotatable bonds is 6. The van der Waals surface area contributed by atoms with Gasteiger partial charge < -0.3 is 15.0 Å². The summed E-state index contributed by atoms with van der Waals surface area (Å²) >= 11 is 7.33. The first-order valence-corrected chi connectivity index (χ1v) is 15.0. The van der Waals surface area contributed by atoms with Crippen molar-refractivity contribution in [2.75, 3.05) is 11.5 Å². The number of nitrogens with zero attached hydrogens (tertiary/aromatic N) is 2. The highest BCUT2D eigenvalue weighted by Gasteiger charge is 2.48. The van der Waals surface area contributed by atoms with E-state index in [1.165, 1.54) is 11.8 Å². The van der Waals surface area contributed by atoms with Crippen LogP contribution in [0.5, 0.6) is 0 Å². The van der Waals surface area contributed by atoms with E-state index in [0.717, 1.165) is 11.1 Å². The van der Waals surface area contributed by atoms with Gasteiger partial charge in [-0.25, -0.2) is 13.2 Å². The van der Waals surface area contributed by atoms with Gasteiger partial charge >= 0.3 is 6.09 Å². The first-order valence-electron chi connectivity index (χ1n) is 11.9. The summed E-state index contributed by atoms with van der Waals surface area (Å²) < 4.78 is 30.0. The quantitative estimate of drug-likeness (QED) is 0.564. The standard InChI is InChI=1S/C26H30ClN3O5S2/c1-26(2,3)35-25(32)28-20(13-17-7-5-4-6-8-17)23(31)29-24-30(14-18-9-11-19(27)12-10-18)21-15-37(33,34)16-22(21)36-24/h4-12,20-22H,13-16H2,1-3H3,(H,28,32)/t20-,21+,22-/m0/s1. The van der Waals surface area contributed by atoms with Crippen LogP contribution in [0.4, 0.5) is 4.79 Å². The van der Waals surface area contributed by atoms with Gasteiger partial charge in [0, 0.05) is 23.2 Å². The normalized spacial score (nSPS) is 22.5. The monoisotopic (exact) mass is 563 g/mol. The summed E-state index contributed by atoms with van der Waals surface area (Å²) in [5.41, 5.74) is 1.05. The summed E-state index contributed by atoms with van der Waals surface area (Å²) in [5.74, 6) is -0.480. The molecule has 1 N–H and O–H groups in total. The Labute approximate surface area is 226 Å². The van der Waals surface area contributed by atoms with Crippen LogP contribution >= 0.6 is 23.4 Å². The van der Waals surface area contributed by atoms with E-state index in [9.17, 15) is 18.0 Å². The van der Waals surface area contributed by atoms with Crippen LogP contribution in [0, 0.1) is 0 Å². The number of ether oxygens (including phenoxy) is 1. The van der Waals surface area contributed by atoms with Gasteiger partial charge in [-0.15, -0.1) is 0 Å². The van der Waals surface area contributed by atoms with Crippen molar-refractivity contribution in [1.29, 1.82) is 0 Å². The molecule has 2 aliphatic heterocycles. The molecule has 37 heavy (non-hydrogen) atoms. The molecule has 0 bridgehead atoms. The van der Waals surface area contributed by atoms with E-state index in [0.29, 0.717) is 16.7 Å². The molecule has 2 aromatic carbocycles. The molecule has 2 aliphatic rings. The number of amidine groups is 1. The molecule has 0 unspecified atom stereocenters. The Balaban J connectivity index is 1.60. The molecule has 2 amide bonds. The Hall–Kier alpha value is -2.56. The Kier molecular flexibility index (Phi) is 8.20. The zero-order chi connectivity index (χ0) is 26.8. The molecule has 4 rings (SSSR count). The molecule has 0 spiro atoms. The van der Waals surface area contributed by atoms with E-state index in [4.69, 9.17) is 16.3 Å². The molecule has 3 atom stereocenters. The highest BCUT2D eigenvalue weighted by atomic mass is 35.5. The van der Waals surface area contributed by atoms with Gasteiger partial charge in [-0.05, 0) is 44.0 Å². The number of halogens is 1. The predicted molar refractivity (Wildman–Crippen MR) is 147 cm³/mol. The van der Waals surface area contributed by atoms with Crippen LogP contribution in [0.15, 0.2) is 59.6 Å². The maximum absolute atomic E-state index is 13.5. The number of benzene rings is 2. The van der Waals surface area contributed by atoms with Gasteiger partial charge in [-0.3, -0.25) is 4.79 Å². The summed E-state index contributed by atoms with van der Waals surface area (Å²) in [6.07, 6.45) is -0.472. The molecule has 0 saturated carbocycles. The lowest BCUT2D eigenvalue weighted by Crippen LogP contribution is -2.45. The van der Waals surface area contributed by atoms with Crippen LogP contribution in [-0.2, 0) is 32.3 Å². The predicted octanol–water partition coefficient (Wildman–Crippen LogP) is 4.07. The van der Waals surface area contributed by atoms with Gasteiger partial charge in [0.15, 0.2) is 15.0 Å². The van der Waals surface area contributed by atoms with Crippen molar-refractivity contribution < 1.29 is 22.7 Å². The van der Waals surface area contributed by atoms with E-state index in [-0.39, 0.29) is 29.2 Å². The summed E-state index contributed by atoms with van der Waals surface area (Å²) in [5, 5.41) is 3.51. The number of aliphatic imine (C=N–C) groups is 1. The zero-order valence-corrected chi connectivity index (χ0v) is 23.3. The number of sulfone groups is 1. The topological polar surface area (TPSA) is 105 Å². The molecular formula is C26H30ClN3O5S2. The molecule has 198 valence electrons. The molecule has 2 aromatic rings. The van der Waals surface area contributed by atoms with Crippen molar-refractivity contribution in [3.05, 3.63) is 70.7 Å². The number of hydrogen-bond donors (Lipinski definition) is 1. The summed E-state index contributed by atoms with van der Waals surface area (Å²) in [6.45, 7) is 5.63. The first kappa shape index (κ1) is 27.5. The van der Waals surface area contributed by atoms with E-state index in [1.807, 2.05) is 47.4 Å². The lowest BCUT2D eigenvalue weighted by Gasteiger charge is -2.25. The summed E-state index contributed by atoms with van der Waals surface area (Å²) in [6, 6.07) is 15.4. The van der Waals surface area contributed by atoms with Crippen molar-refractivity contribution in [3.8, 4) is 0 Å². The maximum atomic E-state index is 13.5. The van der Waals surface area contributed by atoms with Crippen LogP contribution < -0.4 is 5.32 Å². The Morgan fingerprint density at radius 2 is 1.78 bits per heavy atom. The molecule has 2 fully saturated rings. The van der Waals surface area contributed by atoms with Gasteiger partial charge in [0.05, 0.1) is 17.5 Å². The highest BCUT2D eigenvalue weighted by Crippen LogP contribution is 2.39. The minimum absolute atomic E-state index is 0.00900. The van der Waals surface area contributed by atoms with Crippen molar-refractivity contribution in [2.24, 2.45) is 4.99 Å². The smallest absolute Gasteiger partial charge is 0.408 e. The van der Waals surface area contributed by atoms with Crippen LogP contribution in [0.3, 0.4) is 0 Å². The van der Waals surface area contributed by atoms with E-state index in [2.05, 4.69) is 10.3 Å². The Bertz CT molecular complexity index is 1280. The Morgan fingerprint density at radius 1 is 1.11 bits per heavy atom. The van der Waals surface area contributed by atoms with E-state index in [1.54, 1.807) is 32.9 Å². The number of hydrogen-bond acceptors (Lipinski definition) is 6. The second-order valence-corrected chi connectivity index (χ2v) is 14.0. The fraction of sp³-hybridized carbons (Fsp3) is 0.423. The van der Waals surface area contributed by atoms with Crippen LogP contribution in [-0.4, -0.2) is 64.9 Å². The number of carbonyl (C=O) groups is 2. The van der Waals surface area contributed by atoms with Gasteiger partial charge in [0.25, 0.3) is 5.91 Å². The van der Waals surface area contributed by atoms with Crippen LogP contribution in [0.1, 0.15) is 31.9 Å². The lowest BCUT2D eigenvalue weighted by molar-refractivity contribution is -0.119. The number of carbonyl (C=O) groups excluding carboxylic acids is 2. The second kappa shape index (κ2) is 11.0. The van der Waals surface area contributed by atoms with E-state index >= 15 is 0 Å². The fourth-order valence-corrected chi connectivity index (χ4v) is 8.36. The molecule has 0 aliphatic carbocycles. The van der Waals surface area contributed by atoms with E-state index < -0.39 is 33.5 Å². The van der Waals surface area contributed by atoms with Gasteiger partial charge in [-0.1, -0.05) is 65.8 Å². The van der Waals surface area contributed by atoms with Crippen LogP contribution in [0.25, 0.3) is 0 Å². The third-order valence-electron chi connectivity index (χ3n) is 5.92. The van der Waals surface area contributed by atoms with Crippen molar-refractivity contribution >= 4 is 50.4 Å². The minimum Gasteiger partial charge on any atom is -0.444 e. The summed E-state index contributed by atoms with van der Waals surface area (Å²) in [4.78, 5) is 32.3. The highest BCUT2D eigenvalue weighted by molar-refractivity contribution is 8.15. The summed E-state index contributed by atoms with van der Waals surface area (Å²) in [7, 11) is -3.18. The molecule has 8 nitrogen and oxygen atoms in total. The van der Waals surface area contributed by atoms with Crippen LogP contribution in [0.2, 0.25) is 5.02 Å². The number of thioether (sulfide) groups is 1. The fourth-order valence-electron chi connectivity index (χ4n) is 4.28. The third-order valence-corrected chi connectivity index (χ3v) is 9.42. The average molecular weight is 564 g/mol. The minimum atomic E-state index is -3.18. The zero-order valence-electron chi connectivity index (χ0n) is 20.9. The Morgan fingerprint density at radius 3 is 2.43 bits per heavy atom. The molecular weight excluding hydrogens is 534 g/mol. The van der Waals surface area contributed by atoms with Crippen molar-refractivity contribution in [1.82, 2.24) is 10.2 Å². The first-order chi connectivity index (χ1) is 17.4. The van der Waals surface area contributed by atoms with Gasteiger partial charge in [0.1, 0.15) is 11.6 Å². The molecule has 11 heteroatoms. The number of amides is 2. The largest absolute Gasteiger partial charge is 0.444 e. The lowest BCUT2D eigenvalue weighted by atomic mass is 10.1. The molecule has 2 heterocycles. The number of alkyl carbamates (subject to hydrolysis) is 1. The van der Waals surface area contributed by atoms with Crippen molar-refractivity contribution in [2.45, 2.75) is 56.7 Å². The second-order valence-electron chi connectivity index (χ2n) is 10.2. The number of nitrogens with one attached hydrogen (secondary N) is 1. The molecule has 2 saturated heterocycles. The average Bonchev–Trinajstić information content (AvgIpc) is 3.25. The maximum Gasteiger partial charge on any atom is 0.408 e. The SMILES string of the molecule is CC(C)(C)OC(=O)N[C@@H](Cc1ccccc1)C(=O)N=C1S[C@H]2CS(=O)(=O)C[C@H]2N1Cc1ccc(Cl)cc1. The molecule has 0 radical (unpaired) electrons. The number of fused-ring (bicyclic) bond motifs is 1. The van der Waals surface area contributed by atoms with Crippen molar-refractivity contribution in [3.63, 3.8) is 0 Å². The van der Waals surface area contributed by atoms with Gasteiger partial charge in [-0.2, -0.15) is 4.99 Å². The van der Waals surface area contributed by atoms with Gasteiger partial charge in [0.2, 0.25) is 0 Å².